The molecule has 0 aliphatic carbocycles. The minimum atomic E-state index is -0.278. The van der Waals surface area contributed by atoms with Crippen LogP contribution >= 0.6 is 11.8 Å². The lowest BCUT2D eigenvalue weighted by Crippen LogP contribution is -2.30. The van der Waals surface area contributed by atoms with Gasteiger partial charge in [0.05, 0.1) is 5.69 Å². The van der Waals surface area contributed by atoms with Gasteiger partial charge in [-0.2, -0.15) is 5.10 Å². The molecule has 0 aliphatic heterocycles. The van der Waals surface area contributed by atoms with Crippen molar-refractivity contribution in [3.8, 4) is 5.82 Å². The van der Waals surface area contributed by atoms with Crippen LogP contribution in [0.1, 0.15) is 26.1 Å². The molecule has 0 saturated heterocycles. The molecule has 3 aromatic rings. The second-order valence-corrected chi connectivity index (χ2v) is 7.69. The summed E-state index contributed by atoms with van der Waals surface area (Å²) >= 11 is 1.60. The third-order valence-electron chi connectivity index (χ3n) is 4.14. The molecule has 0 saturated carbocycles. The first-order valence-corrected chi connectivity index (χ1v) is 10.8. The molecule has 29 heavy (non-hydrogen) atoms. The smallest absolute Gasteiger partial charge is 0.319 e. The Kier molecular flexibility index (Phi) is 7.23. The Morgan fingerprint density at radius 1 is 1.24 bits per heavy atom. The summed E-state index contributed by atoms with van der Waals surface area (Å²) in [5, 5.41) is 19.4. The summed E-state index contributed by atoms with van der Waals surface area (Å²) in [6.45, 7) is 5.78. The van der Waals surface area contributed by atoms with E-state index in [0.29, 0.717) is 24.0 Å². The molecule has 0 unspecified atom stereocenters. The van der Waals surface area contributed by atoms with Gasteiger partial charge in [-0.3, -0.25) is 0 Å². The number of aryl methyl sites for hydroxylation is 1. The van der Waals surface area contributed by atoms with Crippen LogP contribution in [0.4, 0.5) is 10.5 Å². The molecule has 0 radical (unpaired) electrons. The second kappa shape index (κ2) is 10.1. The van der Waals surface area contributed by atoms with Crippen molar-refractivity contribution in [1.29, 1.82) is 0 Å². The highest BCUT2D eigenvalue weighted by atomic mass is 32.2. The topological polar surface area (TPSA) is 103 Å². The van der Waals surface area contributed by atoms with Gasteiger partial charge in [0, 0.05) is 38.1 Å². The molecule has 0 aliphatic rings. The highest BCUT2D eigenvalue weighted by Gasteiger charge is 2.13. The van der Waals surface area contributed by atoms with Gasteiger partial charge in [-0.25, -0.2) is 14.5 Å². The van der Waals surface area contributed by atoms with Crippen LogP contribution in [0.15, 0.2) is 41.9 Å². The van der Waals surface area contributed by atoms with E-state index in [1.807, 2.05) is 6.26 Å². The van der Waals surface area contributed by atoms with E-state index in [9.17, 15) is 4.79 Å². The molecule has 3 rings (SSSR count). The predicted molar refractivity (Wildman–Crippen MR) is 113 cm³/mol. The maximum atomic E-state index is 12.3. The average Bonchev–Trinajstić information content (AvgIpc) is 3.36. The van der Waals surface area contributed by atoms with Gasteiger partial charge in [0.15, 0.2) is 11.0 Å². The zero-order chi connectivity index (χ0) is 20.6. The lowest BCUT2D eigenvalue weighted by atomic mass is 10.2. The SMILES string of the molecule is CSc1nnc(CCCNC(=O)Nc2cccnc2-n2cccn2)n1CC(C)C. The van der Waals surface area contributed by atoms with Crippen LogP contribution in [-0.4, -0.2) is 48.4 Å². The zero-order valence-electron chi connectivity index (χ0n) is 16.9. The van der Waals surface area contributed by atoms with Crippen molar-refractivity contribution in [2.45, 2.75) is 38.4 Å². The number of nitrogens with zero attached hydrogens (tertiary/aromatic N) is 6. The summed E-state index contributed by atoms with van der Waals surface area (Å²) in [6, 6.07) is 5.09. The van der Waals surface area contributed by atoms with Crippen LogP contribution in [-0.2, 0) is 13.0 Å². The van der Waals surface area contributed by atoms with Crippen LogP contribution in [0.25, 0.3) is 5.82 Å². The van der Waals surface area contributed by atoms with E-state index in [4.69, 9.17) is 0 Å². The highest BCUT2D eigenvalue weighted by molar-refractivity contribution is 7.98. The van der Waals surface area contributed by atoms with Gasteiger partial charge < -0.3 is 15.2 Å². The Morgan fingerprint density at radius 2 is 2.10 bits per heavy atom. The van der Waals surface area contributed by atoms with Crippen molar-refractivity contribution < 1.29 is 4.79 Å². The number of anilines is 1. The van der Waals surface area contributed by atoms with Gasteiger partial charge in [0.2, 0.25) is 0 Å². The number of amides is 2. The average molecular weight is 415 g/mol. The first-order valence-electron chi connectivity index (χ1n) is 9.54. The number of urea groups is 1. The molecule has 0 atom stereocenters. The Bertz CT molecular complexity index is 922. The van der Waals surface area contributed by atoms with Crippen LogP contribution in [0.5, 0.6) is 0 Å². The van der Waals surface area contributed by atoms with Gasteiger partial charge in [-0.05, 0) is 36.8 Å². The number of hydrogen-bond acceptors (Lipinski definition) is 6. The number of thioether (sulfide) groups is 1. The standard InChI is InChI=1S/C19H26N8OS/c1-14(2)13-26-16(24-25-19(26)29-3)8-5-10-21-18(28)23-15-7-4-9-20-17(15)27-12-6-11-22-27/h4,6-7,9,11-12,14H,5,8,10,13H2,1-3H3,(H2,21,23,28). The van der Waals surface area contributed by atoms with Crippen molar-refractivity contribution in [2.75, 3.05) is 18.1 Å². The molecular weight excluding hydrogens is 388 g/mol. The Labute approximate surface area is 174 Å². The van der Waals surface area contributed by atoms with Gasteiger partial charge in [0.25, 0.3) is 0 Å². The second-order valence-electron chi connectivity index (χ2n) is 6.92. The highest BCUT2D eigenvalue weighted by Crippen LogP contribution is 2.17. The minimum absolute atomic E-state index is 0.278. The first kappa shape index (κ1) is 20.8. The number of carbonyl (C=O) groups is 1. The summed E-state index contributed by atoms with van der Waals surface area (Å²) in [7, 11) is 0. The number of hydrogen-bond donors (Lipinski definition) is 2. The molecule has 2 N–H and O–H groups in total. The van der Waals surface area contributed by atoms with Crippen molar-refractivity contribution in [3.05, 3.63) is 42.6 Å². The number of aromatic nitrogens is 6. The van der Waals surface area contributed by atoms with Crippen LogP contribution < -0.4 is 10.6 Å². The molecule has 0 bridgehead atoms. The van der Waals surface area contributed by atoms with Crippen LogP contribution in [0, 0.1) is 5.92 Å². The van der Waals surface area contributed by atoms with Crippen LogP contribution in [0.3, 0.4) is 0 Å². The fourth-order valence-corrected chi connectivity index (χ4v) is 3.41. The number of rotatable bonds is 9. The molecule has 2 amide bonds. The van der Waals surface area contributed by atoms with E-state index < -0.39 is 0 Å². The predicted octanol–water partition coefficient (Wildman–Crippen LogP) is 2.99. The van der Waals surface area contributed by atoms with E-state index in [0.717, 1.165) is 30.4 Å². The lowest BCUT2D eigenvalue weighted by molar-refractivity contribution is 0.252. The number of nitrogens with one attached hydrogen (secondary N) is 2. The van der Waals surface area contributed by atoms with Gasteiger partial charge in [0.1, 0.15) is 5.82 Å². The van der Waals surface area contributed by atoms with Gasteiger partial charge in [-0.15, -0.1) is 10.2 Å². The van der Waals surface area contributed by atoms with E-state index in [2.05, 4.69) is 49.3 Å². The molecular formula is C19H26N8OS. The van der Waals surface area contributed by atoms with Gasteiger partial charge in [-0.1, -0.05) is 25.6 Å². The quantitative estimate of drug-likeness (QED) is 0.412. The van der Waals surface area contributed by atoms with Crippen molar-refractivity contribution in [2.24, 2.45) is 5.92 Å². The Balaban J connectivity index is 1.51. The van der Waals surface area contributed by atoms with Crippen molar-refractivity contribution in [1.82, 2.24) is 34.8 Å². The molecule has 10 heteroatoms. The molecule has 3 heterocycles. The van der Waals surface area contributed by atoms with Crippen molar-refractivity contribution in [3.63, 3.8) is 0 Å². The lowest BCUT2D eigenvalue weighted by Gasteiger charge is -2.12. The number of pyridine rings is 1. The van der Waals surface area contributed by atoms with E-state index in [1.165, 1.54) is 0 Å². The van der Waals surface area contributed by atoms with E-state index in [-0.39, 0.29) is 6.03 Å². The summed E-state index contributed by atoms with van der Waals surface area (Å²) in [5.74, 6) is 2.04. The van der Waals surface area contributed by atoms with Crippen LogP contribution in [0.2, 0.25) is 0 Å². The summed E-state index contributed by atoms with van der Waals surface area (Å²) < 4.78 is 3.78. The molecule has 0 spiro atoms. The Morgan fingerprint density at radius 3 is 2.83 bits per heavy atom. The molecule has 0 aromatic carbocycles. The third kappa shape index (κ3) is 5.57. The minimum Gasteiger partial charge on any atom is -0.338 e. The third-order valence-corrected chi connectivity index (χ3v) is 4.81. The van der Waals surface area contributed by atoms with E-state index >= 15 is 0 Å². The monoisotopic (exact) mass is 414 g/mol. The van der Waals surface area contributed by atoms with Crippen molar-refractivity contribution >= 4 is 23.5 Å². The summed E-state index contributed by atoms with van der Waals surface area (Å²) in [6.07, 6.45) is 8.65. The summed E-state index contributed by atoms with van der Waals surface area (Å²) in [5.41, 5.74) is 0.593. The molecule has 3 aromatic heterocycles. The maximum absolute atomic E-state index is 12.3. The summed E-state index contributed by atoms with van der Waals surface area (Å²) in [4.78, 5) is 16.6. The first-order chi connectivity index (χ1) is 14.1. The molecule has 0 fully saturated rings. The molecule has 154 valence electrons. The normalized spacial score (nSPS) is 11.0. The Hall–Kier alpha value is -2.88. The van der Waals surface area contributed by atoms with E-state index in [1.54, 1.807) is 53.2 Å². The maximum Gasteiger partial charge on any atom is 0.319 e. The fraction of sp³-hybridized carbons (Fsp3) is 0.421. The molecule has 9 nitrogen and oxygen atoms in total. The van der Waals surface area contributed by atoms with Gasteiger partial charge >= 0.3 is 6.03 Å². The zero-order valence-corrected chi connectivity index (χ0v) is 17.7. The largest absolute Gasteiger partial charge is 0.338 e. The number of carbonyl (C=O) groups excluding carboxylic acids is 1. The fourth-order valence-electron chi connectivity index (χ4n) is 2.89.